The highest BCUT2D eigenvalue weighted by atomic mass is 16.5. The van der Waals surface area contributed by atoms with E-state index in [-0.39, 0.29) is 16.3 Å². The molecule has 0 saturated carbocycles. The van der Waals surface area contributed by atoms with E-state index in [0.29, 0.717) is 35.7 Å². The first-order chi connectivity index (χ1) is 12.0. The monoisotopic (exact) mass is 342 g/mol. The van der Waals surface area contributed by atoms with Gasteiger partial charge in [0.1, 0.15) is 11.5 Å². The number of quaternary nitrogens is 1. The van der Waals surface area contributed by atoms with E-state index in [2.05, 4.69) is 0 Å². The van der Waals surface area contributed by atoms with Gasteiger partial charge in [-0.3, -0.25) is 0 Å². The molecule has 0 N–H and O–H groups in total. The summed E-state index contributed by atoms with van der Waals surface area (Å²) in [6.07, 6.45) is 0. The summed E-state index contributed by atoms with van der Waals surface area (Å²) in [6, 6.07) is 13.7. The lowest BCUT2D eigenvalue weighted by Crippen LogP contribution is -2.56. The van der Waals surface area contributed by atoms with Gasteiger partial charge in [-0.1, -0.05) is 0 Å². The molecule has 2 rings (SSSR count). The zero-order valence-corrected chi connectivity index (χ0v) is 15.1. The summed E-state index contributed by atoms with van der Waals surface area (Å²) in [7, 11) is 3.14. The van der Waals surface area contributed by atoms with Crippen LogP contribution in [0.4, 0.5) is 0 Å². The Kier molecular flexibility index (Phi) is 5.93. The first kappa shape index (κ1) is 18.7. The van der Waals surface area contributed by atoms with Crippen molar-refractivity contribution < 1.29 is 23.5 Å². The van der Waals surface area contributed by atoms with E-state index in [4.69, 9.17) is 9.47 Å². The highest BCUT2D eigenvalue weighted by Gasteiger charge is 2.42. The van der Waals surface area contributed by atoms with Crippen molar-refractivity contribution in [2.24, 2.45) is 0 Å². The number of hydrogen-bond acceptors (Lipinski definition) is 4. The minimum Gasteiger partial charge on any atom is -0.497 e. The molecule has 2 aromatic carbocycles. The number of carbonyl (C=O) groups excluding carboxylic acids is 2. The number of carbonyl (C=O) groups is 2. The van der Waals surface area contributed by atoms with Crippen LogP contribution in [0.2, 0.25) is 0 Å². The molecule has 0 saturated heterocycles. The molecule has 0 fully saturated rings. The van der Waals surface area contributed by atoms with E-state index < -0.39 is 0 Å². The third-order valence-electron chi connectivity index (χ3n) is 4.53. The van der Waals surface area contributed by atoms with Gasteiger partial charge < -0.3 is 9.47 Å². The standard InChI is InChI=1S/C20H24NO4/c1-5-21(6-2,19(22)15-7-11-17(24-3)12-8-15)20(23)16-9-13-18(25-4)14-10-16/h7-14H,5-6H2,1-4H3/q+1. The maximum atomic E-state index is 13.2. The third kappa shape index (κ3) is 3.56. The van der Waals surface area contributed by atoms with E-state index in [0.717, 1.165) is 0 Å². The number of rotatable bonds is 6. The molecular formula is C20H24NO4+. The van der Waals surface area contributed by atoms with Crippen LogP contribution in [-0.2, 0) is 0 Å². The van der Waals surface area contributed by atoms with Crippen molar-refractivity contribution in [3.63, 3.8) is 0 Å². The van der Waals surface area contributed by atoms with Gasteiger partial charge in [0, 0.05) is 0 Å². The summed E-state index contributed by atoms with van der Waals surface area (Å²) >= 11 is 0. The van der Waals surface area contributed by atoms with Crippen molar-refractivity contribution >= 4 is 11.8 Å². The number of imide groups is 1. The number of methoxy groups -OCH3 is 2. The molecule has 0 aliphatic carbocycles. The van der Waals surface area contributed by atoms with Crippen molar-refractivity contribution in [2.75, 3.05) is 27.3 Å². The summed E-state index contributed by atoms with van der Waals surface area (Å²) < 4.78 is 10.00. The molecule has 2 amide bonds. The molecule has 25 heavy (non-hydrogen) atoms. The summed E-state index contributed by atoms with van der Waals surface area (Å²) in [5.41, 5.74) is 0.984. The molecule has 0 atom stereocenters. The van der Waals surface area contributed by atoms with Crippen LogP contribution in [0.15, 0.2) is 48.5 Å². The van der Waals surface area contributed by atoms with E-state index >= 15 is 0 Å². The lowest BCUT2D eigenvalue weighted by molar-refractivity contribution is -0.761. The van der Waals surface area contributed by atoms with Gasteiger partial charge in [-0.25, -0.2) is 9.59 Å². The molecule has 5 heteroatoms. The van der Waals surface area contributed by atoms with Gasteiger partial charge in [0.05, 0.1) is 38.4 Å². The Balaban J connectivity index is 2.40. The summed E-state index contributed by atoms with van der Waals surface area (Å²) in [5, 5.41) is 0. The summed E-state index contributed by atoms with van der Waals surface area (Å²) in [4.78, 5) is 26.3. The zero-order chi connectivity index (χ0) is 18.4. The van der Waals surface area contributed by atoms with Crippen LogP contribution in [-0.4, -0.2) is 43.6 Å². The van der Waals surface area contributed by atoms with Gasteiger partial charge in [0.2, 0.25) is 0 Å². The van der Waals surface area contributed by atoms with Crippen LogP contribution in [0.5, 0.6) is 11.5 Å². The Morgan fingerprint density at radius 1 is 0.720 bits per heavy atom. The van der Waals surface area contributed by atoms with E-state index in [1.807, 2.05) is 13.8 Å². The van der Waals surface area contributed by atoms with Gasteiger partial charge in [-0.05, 0) is 62.4 Å². The number of nitrogens with zero attached hydrogens (tertiary/aromatic N) is 1. The molecule has 0 spiro atoms. The quantitative estimate of drug-likeness (QED) is 0.595. The third-order valence-corrected chi connectivity index (χ3v) is 4.53. The van der Waals surface area contributed by atoms with Crippen molar-refractivity contribution in [3.05, 3.63) is 59.7 Å². The lowest BCUT2D eigenvalue weighted by Gasteiger charge is -2.31. The molecule has 0 bridgehead atoms. The summed E-state index contributed by atoms with van der Waals surface area (Å²) in [5.74, 6) is 0.912. The lowest BCUT2D eigenvalue weighted by atomic mass is 10.1. The van der Waals surface area contributed by atoms with Gasteiger partial charge in [0.15, 0.2) is 0 Å². The van der Waals surface area contributed by atoms with Crippen molar-refractivity contribution in [1.82, 2.24) is 0 Å². The first-order valence-electron chi connectivity index (χ1n) is 8.27. The Morgan fingerprint density at radius 3 is 1.28 bits per heavy atom. The number of benzene rings is 2. The van der Waals surface area contributed by atoms with Crippen LogP contribution < -0.4 is 9.47 Å². The Morgan fingerprint density at radius 2 is 1.04 bits per heavy atom. The fraction of sp³-hybridized carbons (Fsp3) is 0.300. The predicted molar refractivity (Wildman–Crippen MR) is 96.0 cm³/mol. The smallest absolute Gasteiger partial charge is 0.353 e. The Hall–Kier alpha value is -2.66. The maximum Gasteiger partial charge on any atom is 0.353 e. The van der Waals surface area contributed by atoms with Crippen molar-refractivity contribution in [2.45, 2.75) is 13.8 Å². The molecule has 0 aliphatic heterocycles. The molecule has 132 valence electrons. The Labute approximate surface area is 148 Å². The van der Waals surface area contributed by atoms with Crippen LogP contribution >= 0.6 is 0 Å². The van der Waals surface area contributed by atoms with Crippen LogP contribution in [0, 0.1) is 0 Å². The molecule has 0 unspecified atom stereocenters. The largest absolute Gasteiger partial charge is 0.497 e. The zero-order valence-electron chi connectivity index (χ0n) is 15.1. The van der Waals surface area contributed by atoms with Crippen molar-refractivity contribution in [3.8, 4) is 11.5 Å². The SMILES string of the molecule is CC[N+](CC)(C(=O)c1ccc(OC)cc1)C(=O)c1ccc(OC)cc1. The van der Waals surface area contributed by atoms with E-state index in [1.165, 1.54) is 0 Å². The highest BCUT2D eigenvalue weighted by molar-refractivity contribution is 6.01. The van der Waals surface area contributed by atoms with Gasteiger partial charge >= 0.3 is 11.8 Å². The number of hydrogen-bond donors (Lipinski definition) is 0. The second-order valence-electron chi connectivity index (χ2n) is 5.67. The van der Waals surface area contributed by atoms with Crippen LogP contribution in [0.3, 0.4) is 0 Å². The fourth-order valence-corrected chi connectivity index (χ4v) is 2.85. The highest BCUT2D eigenvalue weighted by Crippen LogP contribution is 2.22. The average Bonchev–Trinajstić information content (AvgIpc) is 2.69. The maximum absolute atomic E-state index is 13.2. The molecule has 5 nitrogen and oxygen atoms in total. The molecular weight excluding hydrogens is 318 g/mol. The molecule has 2 aromatic rings. The number of amides is 2. The van der Waals surface area contributed by atoms with Gasteiger partial charge in [-0.2, -0.15) is 4.48 Å². The Bertz CT molecular complexity index is 670. The minimum absolute atomic E-state index is 0.214. The predicted octanol–water partition coefficient (Wildman–Crippen LogP) is 3.54. The summed E-state index contributed by atoms with van der Waals surface area (Å²) in [6.45, 7) is 4.47. The second kappa shape index (κ2) is 7.94. The molecule has 0 heterocycles. The van der Waals surface area contributed by atoms with Crippen LogP contribution in [0.25, 0.3) is 0 Å². The fourth-order valence-electron chi connectivity index (χ4n) is 2.85. The molecule has 0 aliphatic rings. The number of ether oxygens (including phenoxy) is 2. The van der Waals surface area contributed by atoms with Crippen molar-refractivity contribution in [1.29, 1.82) is 0 Å². The van der Waals surface area contributed by atoms with Gasteiger partial charge in [0.25, 0.3) is 0 Å². The van der Waals surface area contributed by atoms with E-state index in [9.17, 15) is 9.59 Å². The molecule has 0 aromatic heterocycles. The van der Waals surface area contributed by atoms with E-state index in [1.54, 1.807) is 62.8 Å². The minimum atomic E-state index is -0.265. The normalized spacial score (nSPS) is 11.0. The topological polar surface area (TPSA) is 52.6 Å². The van der Waals surface area contributed by atoms with Gasteiger partial charge in [-0.15, -0.1) is 0 Å². The first-order valence-corrected chi connectivity index (χ1v) is 8.27. The molecule has 0 radical (unpaired) electrons. The second-order valence-corrected chi connectivity index (χ2v) is 5.67. The van der Waals surface area contributed by atoms with Crippen LogP contribution in [0.1, 0.15) is 34.6 Å². The average molecular weight is 342 g/mol.